The molecule has 104 valence electrons. The topological polar surface area (TPSA) is 67.6 Å². The maximum atomic E-state index is 11.1. The molecular weight excluding hydrogens is 266 g/mol. The molecule has 1 unspecified atom stereocenters. The summed E-state index contributed by atoms with van der Waals surface area (Å²) in [4.78, 5) is 13.4. The van der Waals surface area contributed by atoms with Gasteiger partial charge in [0.05, 0.1) is 17.8 Å². The van der Waals surface area contributed by atoms with Crippen LogP contribution in [0.15, 0.2) is 18.2 Å². The van der Waals surface area contributed by atoms with Crippen molar-refractivity contribution in [3.63, 3.8) is 0 Å². The minimum Gasteiger partial charge on any atom is -0.453 e. The smallest absolute Gasteiger partial charge is 0.407 e. The van der Waals surface area contributed by atoms with E-state index in [1.807, 2.05) is 18.2 Å². The molecule has 0 aliphatic carbocycles. The van der Waals surface area contributed by atoms with Gasteiger partial charge in [0.2, 0.25) is 0 Å². The van der Waals surface area contributed by atoms with Crippen molar-refractivity contribution < 1.29 is 9.53 Å². The third-order valence-electron chi connectivity index (χ3n) is 3.25. The lowest BCUT2D eigenvalue weighted by molar-refractivity contribution is 0.166. The number of nitrogens with two attached hydrogens (primary N) is 1. The highest BCUT2D eigenvalue weighted by Gasteiger charge is 2.24. The van der Waals surface area contributed by atoms with E-state index in [1.165, 1.54) is 7.11 Å². The molecule has 19 heavy (non-hydrogen) atoms. The Bertz CT molecular complexity index is 467. The largest absolute Gasteiger partial charge is 0.453 e. The predicted molar refractivity (Wildman–Crippen MR) is 75.1 cm³/mol. The Morgan fingerprint density at radius 3 is 3.11 bits per heavy atom. The molecule has 5 nitrogen and oxygen atoms in total. The zero-order valence-corrected chi connectivity index (χ0v) is 11.6. The first-order valence-corrected chi connectivity index (χ1v) is 6.57. The number of methoxy groups -OCH3 is 1. The SMILES string of the molecule is COC(=O)NC1CCN(Cc2ccc(Cl)c(N)c2)C1. The number of benzene rings is 1. The molecule has 3 N–H and O–H groups in total. The van der Waals surface area contributed by atoms with Crippen LogP contribution in [0.25, 0.3) is 0 Å². The number of nitrogens with one attached hydrogen (secondary N) is 1. The zero-order valence-electron chi connectivity index (χ0n) is 10.9. The molecule has 1 aromatic carbocycles. The summed E-state index contributed by atoms with van der Waals surface area (Å²) >= 11 is 5.89. The Kier molecular flexibility index (Phi) is 4.50. The summed E-state index contributed by atoms with van der Waals surface area (Å²) in [6, 6.07) is 5.83. The molecule has 1 saturated heterocycles. The molecule has 0 spiro atoms. The van der Waals surface area contributed by atoms with Crippen LogP contribution in [0, 0.1) is 0 Å². The molecule has 1 aliphatic rings. The van der Waals surface area contributed by atoms with Crippen molar-refractivity contribution in [2.75, 3.05) is 25.9 Å². The summed E-state index contributed by atoms with van der Waals surface area (Å²) in [5.74, 6) is 0. The molecule has 1 heterocycles. The number of halogens is 1. The van der Waals surface area contributed by atoms with Gasteiger partial charge < -0.3 is 15.8 Å². The highest BCUT2D eigenvalue weighted by molar-refractivity contribution is 6.33. The molecule has 0 saturated carbocycles. The third kappa shape index (κ3) is 3.75. The average molecular weight is 284 g/mol. The second-order valence-electron chi connectivity index (χ2n) is 4.71. The number of likely N-dealkylation sites (tertiary alicyclic amines) is 1. The Morgan fingerprint density at radius 2 is 2.42 bits per heavy atom. The number of carbonyl (C=O) groups is 1. The van der Waals surface area contributed by atoms with Gasteiger partial charge in [-0.2, -0.15) is 0 Å². The van der Waals surface area contributed by atoms with Crippen LogP contribution in [0.3, 0.4) is 0 Å². The fraction of sp³-hybridized carbons (Fsp3) is 0.462. The second kappa shape index (κ2) is 6.12. The number of carbonyl (C=O) groups excluding carboxylic acids is 1. The molecular formula is C13H18ClN3O2. The van der Waals surface area contributed by atoms with Gasteiger partial charge in [-0.05, 0) is 24.1 Å². The van der Waals surface area contributed by atoms with Crippen LogP contribution in [-0.4, -0.2) is 37.2 Å². The quantitative estimate of drug-likeness (QED) is 0.831. The number of hydrogen-bond acceptors (Lipinski definition) is 4. The van der Waals surface area contributed by atoms with Crippen LogP contribution in [0.1, 0.15) is 12.0 Å². The van der Waals surface area contributed by atoms with Gasteiger partial charge >= 0.3 is 6.09 Å². The van der Waals surface area contributed by atoms with Crippen LogP contribution < -0.4 is 11.1 Å². The van der Waals surface area contributed by atoms with Crippen molar-refractivity contribution in [2.24, 2.45) is 0 Å². The van der Waals surface area contributed by atoms with Gasteiger partial charge in [-0.15, -0.1) is 0 Å². The van der Waals surface area contributed by atoms with Gasteiger partial charge in [0.25, 0.3) is 0 Å². The van der Waals surface area contributed by atoms with Gasteiger partial charge in [-0.25, -0.2) is 4.79 Å². The van der Waals surface area contributed by atoms with Crippen LogP contribution in [0.5, 0.6) is 0 Å². The molecule has 1 aliphatic heterocycles. The number of rotatable bonds is 3. The lowest BCUT2D eigenvalue weighted by Crippen LogP contribution is -2.36. The molecule has 1 amide bonds. The maximum Gasteiger partial charge on any atom is 0.407 e. The predicted octanol–water partition coefficient (Wildman–Crippen LogP) is 1.85. The lowest BCUT2D eigenvalue weighted by atomic mass is 10.2. The Labute approximate surface area is 117 Å². The third-order valence-corrected chi connectivity index (χ3v) is 3.59. The van der Waals surface area contributed by atoms with E-state index in [0.29, 0.717) is 10.7 Å². The standard InChI is InChI=1S/C13H18ClN3O2/c1-19-13(18)16-10-4-5-17(8-10)7-9-2-3-11(14)12(15)6-9/h2-3,6,10H,4-5,7-8,15H2,1H3,(H,16,18). The summed E-state index contributed by atoms with van der Waals surface area (Å²) in [5.41, 5.74) is 7.51. The number of hydrogen-bond donors (Lipinski definition) is 2. The van der Waals surface area contributed by atoms with Crippen molar-refractivity contribution in [1.29, 1.82) is 0 Å². The highest BCUT2D eigenvalue weighted by Crippen LogP contribution is 2.21. The van der Waals surface area contributed by atoms with E-state index in [9.17, 15) is 4.79 Å². The highest BCUT2D eigenvalue weighted by atomic mass is 35.5. The first-order chi connectivity index (χ1) is 9.08. The molecule has 1 atom stereocenters. The van der Waals surface area contributed by atoms with E-state index >= 15 is 0 Å². The first kappa shape index (κ1) is 14.0. The van der Waals surface area contributed by atoms with Crippen LogP contribution in [0.4, 0.5) is 10.5 Å². The monoisotopic (exact) mass is 283 g/mol. The average Bonchev–Trinajstić information content (AvgIpc) is 2.81. The molecule has 0 bridgehead atoms. The summed E-state index contributed by atoms with van der Waals surface area (Å²) < 4.78 is 4.59. The Hall–Kier alpha value is -1.46. The molecule has 2 rings (SSSR count). The fourth-order valence-electron chi connectivity index (χ4n) is 2.27. The molecule has 0 aromatic heterocycles. The Balaban J connectivity index is 1.87. The number of anilines is 1. The normalized spacial score (nSPS) is 19.4. The first-order valence-electron chi connectivity index (χ1n) is 6.19. The van der Waals surface area contributed by atoms with Crippen LogP contribution >= 0.6 is 11.6 Å². The molecule has 1 aromatic rings. The number of ether oxygens (including phenoxy) is 1. The Morgan fingerprint density at radius 1 is 1.63 bits per heavy atom. The summed E-state index contributed by atoms with van der Waals surface area (Å²) in [7, 11) is 1.37. The fourth-order valence-corrected chi connectivity index (χ4v) is 2.39. The van der Waals surface area contributed by atoms with Crippen molar-refractivity contribution in [1.82, 2.24) is 10.2 Å². The van der Waals surface area contributed by atoms with E-state index in [4.69, 9.17) is 17.3 Å². The van der Waals surface area contributed by atoms with Gasteiger partial charge in [0, 0.05) is 25.7 Å². The summed E-state index contributed by atoms with van der Waals surface area (Å²) in [6.45, 7) is 2.57. The van der Waals surface area contributed by atoms with Crippen molar-refractivity contribution >= 4 is 23.4 Å². The summed E-state index contributed by atoms with van der Waals surface area (Å²) in [5, 5.41) is 3.40. The van der Waals surface area contributed by atoms with E-state index in [-0.39, 0.29) is 12.1 Å². The van der Waals surface area contributed by atoms with E-state index in [2.05, 4.69) is 15.0 Å². The number of amides is 1. The van der Waals surface area contributed by atoms with Crippen molar-refractivity contribution in [3.05, 3.63) is 28.8 Å². The molecule has 0 radical (unpaired) electrons. The van der Waals surface area contributed by atoms with Gasteiger partial charge in [-0.1, -0.05) is 17.7 Å². The van der Waals surface area contributed by atoms with Crippen LogP contribution in [-0.2, 0) is 11.3 Å². The summed E-state index contributed by atoms with van der Waals surface area (Å²) in [6.07, 6.45) is 0.556. The minimum atomic E-state index is -0.373. The maximum absolute atomic E-state index is 11.1. The number of nitrogens with zero attached hydrogens (tertiary/aromatic N) is 1. The van der Waals surface area contributed by atoms with E-state index < -0.39 is 0 Å². The molecule has 1 fully saturated rings. The van der Waals surface area contributed by atoms with Gasteiger partial charge in [-0.3, -0.25) is 4.90 Å². The minimum absolute atomic E-state index is 0.150. The lowest BCUT2D eigenvalue weighted by Gasteiger charge is -2.16. The van der Waals surface area contributed by atoms with E-state index in [1.54, 1.807) is 0 Å². The van der Waals surface area contributed by atoms with Crippen LogP contribution in [0.2, 0.25) is 5.02 Å². The van der Waals surface area contributed by atoms with Gasteiger partial charge in [0.1, 0.15) is 0 Å². The van der Waals surface area contributed by atoms with Crippen molar-refractivity contribution in [3.8, 4) is 0 Å². The zero-order chi connectivity index (χ0) is 13.8. The number of alkyl carbamates (subject to hydrolysis) is 1. The number of nitrogen functional groups attached to an aromatic ring is 1. The molecule has 6 heteroatoms. The van der Waals surface area contributed by atoms with E-state index in [0.717, 1.165) is 31.6 Å². The van der Waals surface area contributed by atoms with Gasteiger partial charge in [0.15, 0.2) is 0 Å². The van der Waals surface area contributed by atoms with Crippen molar-refractivity contribution in [2.45, 2.75) is 19.0 Å². The second-order valence-corrected chi connectivity index (χ2v) is 5.12.